The van der Waals surface area contributed by atoms with Crippen LogP contribution in [0, 0.1) is 11.7 Å². The van der Waals surface area contributed by atoms with E-state index >= 15 is 0 Å². The van der Waals surface area contributed by atoms with Gasteiger partial charge in [-0.05, 0) is 37.0 Å². The Labute approximate surface area is 102 Å². The molecule has 0 N–H and O–H groups in total. The second kappa shape index (κ2) is 6.38. The molecule has 17 heavy (non-hydrogen) atoms. The van der Waals surface area contributed by atoms with Crippen LogP contribution in [-0.4, -0.2) is 12.6 Å². The van der Waals surface area contributed by atoms with Gasteiger partial charge in [-0.25, -0.2) is 4.39 Å². The molecule has 2 atom stereocenters. The van der Waals surface area contributed by atoms with Gasteiger partial charge in [0.2, 0.25) is 0 Å². The first-order valence-electron chi connectivity index (χ1n) is 6.02. The molecule has 2 unspecified atom stereocenters. The van der Waals surface area contributed by atoms with Crippen LogP contribution in [-0.2, 0) is 9.53 Å². The smallest absolute Gasteiger partial charge is 0.309 e. The fourth-order valence-corrected chi connectivity index (χ4v) is 2.05. The molecular weight excluding hydrogens is 219 g/mol. The van der Waals surface area contributed by atoms with Gasteiger partial charge < -0.3 is 4.74 Å². The highest BCUT2D eigenvalue weighted by Crippen LogP contribution is 2.29. The van der Waals surface area contributed by atoms with Crippen molar-refractivity contribution in [2.24, 2.45) is 5.92 Å². The number of ether oxygens (including phenoxy) is 1. The normalized spacial score (nSPS) is 14.1. The highest BCUT2D eigenvalue weighted by Gasteiger charge is 2.25. The van der Waals surface area contributed by atoms with Gasteiger partial charge in [0.05, 0.1) is 12.5 Å². The lowest BCUT2D eigenvalue weighted by Gasteiger charge is -2.21. The van der Waals surface area contributed by atoms with Gasteiger partial charge in [-0.1, -0.05) is 26.0 Å². The van der Waals surface area contributed by atoms with Gasteiger partial charge in [0.1, 0.15) is 5.82 Å². The fourth-order valence-electron chi connectivity index (χ4n) is 2.05. The summed E-state index contributed by atoms with van der Waals surface area (Å²) in [5.74, 6) is -0.730. The van der Waals surface area contributed by atoms with E-state index in [0.29, 0.717) is 6.61 Å². The molecule has 1 rings (SSSR count). The van der Waals surface area contributed by atoms with Crippen molar-refractivity contribution in [2.75, 3.05) is 6.61 Å². The molecule has 0 aromatic heterocycles. The molecule has 0 radical (unpaired) electrons. The van der Waals surface area contributed by atoms with Crippen molar-refractivity contribution in [3.63, 3.8) is 0 Å². The minimum atomic E-state index is -0.267. The lowest BCUT2D eigenvalue weighted by atomic mass is 9.85. The van der Waals surface area contributed by atoms with Crippen molar-refractivity contribution in [1.82, 2.24) is 0 Å². The molecule has 1 aromatic rings. The summed E-state index contributed by atoms with van der Waals surface area (Å²) in [6.07, 6.45) is 0.781. The molecule has 0 aliphatic heterocycles. The maximum atomic E-state index is 13.2. The SMILES string of the molecule is CCOC(=O)C(C)C(CC)c1cccc(F)c1. The predicted octanol–water partition coefficient (Wildman–Crippen LogP) is 3.52. The van der Waals surface area contributed by atoms with E-state index in [4.69, 9.17) is 4.74 Å². The molecule has 0 spiro atoms. The maximum Gasteiger partial charge on any atom is 0.309 e. The summed E-state index contributed by atoms with van der Waals surface area (Å²) in [5, 5.41) is 0. The molecule has 94 valence electrons. The highest BCUT2D eigenvalue weighted by atomic mass is 19.1. The molecule has 1 aromatic carbocycles. The molecule has 3 heteroatoms. The van der Waals surface area contributed by atoms with Crippen LogP contribution in [0.25, 0.3) is 0 Å². The van der Waals surface area contributed by atoms with Crippen LogP contribution in [0.15, 0.2) is 24.3 Å². The Hall–Kier alpha value is -1.38. The molecule has 0 heterocycles. The van der Waals surface area contributed by atoms with Gasteiger partial charge in [0.25, 0.3) is 0 Å². The van der Waals surface area contributed by atoms with Crippen molar-refractivity contribution >= 4 is 5.97 Å². The van der Waals surface area contributed by atoms with Crippen LogP contribution < -0.4 is 0 Å². The second-order valence-corrected chi connectivity index (χ2v) is 4.11. The number of hydrogen-bond acceptors (Lipinski definition) is 2. The van der Waals surface area contributed by atoms with Crippen LogP contribution in [0.1, 0.15) is 38.7 Å². The molecule has 0 saturated heterocycles. The third-order valence-corrected chi connectivity index (χ3v) is 2.98. The number of esters is 1. The van der Waals surface area contributed by atoms with E-state index in [-0.39, 0.29) is 23.6 Å². The van der Waals surface area contributed by atoms with Crippen LogP contribution in [0.4, 0.5) is 4.39 Å². The predicted molar refractivity (Wildman–Crippen MR) is 65.2 cm³/mol. The molecule has 2 nitrogen and oxygen atoms in total. The average molecular weight is 238 g/mol. The molecule has 0 aliphatic carbocycles. The Kier molecular flexibility index (Phi) is 5.13. The first-order chi connectivity index (χ1) is 8.10. The van der Waals surface area contributed by atoms with E-state index in [1.165, 1.54) is 12.1 Å². The zero-order chi connectivity index (χ0) is 12.8. The molecule has 0 fully saturated rings. The highest BCUT2D eigenvalue weighted by molar-refractivity contribution is 5.73. The summed E-state index contributed by atoms with van der Waals surface area (Å²) in [6, 6.07) is 6.42. The summed E-state index contributed by atoms with van der Waals surface area (Å²) in [6.45, 7) is 5.98. The zero-order valence-corrected chi connectivity index (χ0v) is 10.6. The van der Waals surface area contributed by atoms with Gasteiger partial charge in [-0.2, -0.15) is 0 Å². The van der Waals surface area contributed by atoms with Crippen molar-refractivity contribution in [2.45, 2.75) is 33.1 Å². The number of hydrogen-bond donors (Lipinski definition) is 0. The van der Waals surface area contributed by atoms with E-state index in [2.05, 4.69) is 0 Å². The number of rotatable bonds is 5. The van der Waals surface area contributed by atoms with E-state index in [0.717, 1.165) is 12.0 Å². The Bertz CT molecular complexity index is 376. The summed E-state index contributed by atoms with van der Waals surface area (Å²) in [7, 11) is 0. The first kappa shape index (κ1) is 13.7. The zero-order valence-electron chi connectivity index (χ0n) is 10.6. The first-order valence-corrected chi connectivity index (χ1v) is 6.02. The second-order valence-electron chi connectivity index (χ2n) is 4.11. The van der Waals surface area contributed by atoms with E-state index in [9.17, 15) is 9.18 Å². The quantitative estimate of drug-likeness (QED) is 0.734. The summed E-state index contributed by atoms with van der Waals surface area (Å²) in [5.41, 5.74) is 0.855. The third kappa shape index (κ3) is 3.55. The lowest BCUT2D eigenvalue weighted by Crippen LogP contribution is -2.21. The molecule has 0 bridgehead atoms. The lowest BCUT2D eigenvalue weighted by molar-refractivity contribution is -0.148. The maximum absolute atomic E-state index is 13.2. The topological polar surface area (TPSA) is 26.3 Å². The molecular formula is C14H19FO2. The van der Waals surface area contributed by atoms with Gasteiger partial charge >= 0.3 is 5.97 Å². The Morgan fingerprint density at radius 2 is 2.12 bits per heavy atom. The number of benzene rings is 1. The van der Waals surface area contributed by atoms with Gasteiger partial charge in [0, 0.05) is 0 Å². The molecule has 0 aliphatic rings. The Morgan fingerprint density at radius 3 is 2.65 bits per heavy atom. The van der Waals surface area contributed by atoms with Crippen LogP contribution in [0.5, 0.6) is 0 Å². The third-order valence-electron chi connectivity index (χ3n) is 2.98. The van der Waals surface area contributed by atoms with Crippen LogP contribution in [0.3, 0.4) is 0 Å². The van der Waals surface area contributed by atoms with E-state index in [1.807, 2.05) is 19.9 Å². The van der Waals surface area contributed by atoms with Crippen molar-refractivity contribution < 1.29 is 13.9 Å². The molecule has 0 amide bonds. The van der Waals surface area contributed by atoms with Crippen molar-refractivity contribution in [3.8, 4) is 0 Å². The number of carbonyl (C=O) groups is 1. The van der Waals surface area contributed by atoms with Crippen molar-refractivity contribution in [3.05, 3.63) is 35.6 Å². The van der Waals surface area contributed by atoms with Crippen LogP contribution in [0.2, 0.25) is 0 Å². The summed E-state index contributed by atoms with van der Waals surface area (Å²) >= 11 is 0. The summed E-state index contributed by atoms with van der Waals surface area (Å²) < 4.78 is 18.2. The summed E-state index contributed by atoms with van der Waals surface area (Å²) in [4.78, 5) is 11.7. The van der Waals surface area contributed by atoms with Gasteiger partial charge in [0.15, 0.2) is 0 Å². The largest absolute Gasteiger partial charge is 0.466 e. The van der Waals surface area contributed by atoms with Crippen molar-refractivity contribution in [1.29, 1.82) is 0 Å². The average Bonchev–Trinajstić information content (AvgIpc) is 2.30. The van der Waals surface area contributed by atoms with Gasteiger partial charge in [-0.15, -0.1) is 0 Å². The van der Waals surface area contributed by atoms with Gasteiger partial charge in [-0.3, -0.25) is 4.79 Å². The minimum absolute atomic E-state index is 0.00440. The minimum Gasteiger partial charge on any atom is -0.466 e. The monoisotopic (exact) mass is 238 g/mol. The number of halogens is 1. The molecule has 0 saturated carbocycles. The fraction of sp³-hybridized carbons (Fsp3) is 0.500. The Morgan fingerprint density at radius 1 is 1.41 bits per heavy atom. The number of carbonyl (C=O) groups excluding carboxylic acids is 1. The standard InChI is InChI=1S/C14H19FO2/c1-4-13(10(3)14(16)17-5-2)11-7-6-8-12(15)9-11/h6-10,13H,4-5H2,1-3H3. The van der Waals surface area contributed by atoms with E-state index in [1.54, 1.807) is 13.0 Å². The van der Waals surface area contributed by atoms with E-state index < -0.39 is 0 Å². The van der Waals surface area contributed by atoms with Crippen LogP contribution >= 0.6 is 0 Å². The Balaban J connectivity index is 2.87.